The van der Waals surface area contributed by atoms with E-state index in [1.165, 1.54) is 18.5 Å². The molecule has 0 saturated carbocycles. The summed E-state index contributed by atoms with van der Waals surface area (Å²) in [5.41, 5.74) is 4.56. The maximum absolute atomic E-state index is 13.3. The first-order chi connectivity index (χ1) is 14.3. The molecule has 9 nitrogen and oxygen atoms in total. The number of anilines is 2. The Balaban J connectivity index is 1.75. The van der Waals surface area contributed by atoms with Crippen LogP contribution in [0.4, 0.5) is 17.3 Å². The third-order valence-electron chi connectivity index (χ3n) is 5.09. The van der Waals surface area contributed by atoms with Gasteiger partial charge in [-0.3, -0.25) is 14.9 Å². The number of non-ortho nitro benzene ring substituents is 1. The monoisotopic (exact) mass is 404 g/mol. The van der Waals surface area contributed by atoms with Crippen LogP contribution in [-0.4, -0.2) is 25.6 Å². The molecule has 9 heteroatoms. The van der Waals surface area contributed by atoms with E-state index in [-0.39, 0.29) is 11.6 Å². The molecule has 4 rings (SSSR count). The van der Waals surface area contributed by atoms with Gasteiger partial charge in [-0.05, 0) is 50.1 Å². The zero-order valence-corrected chi connectivity index (χ0v) is 16.7. The van der Waals surface area contributed by atoms with Crippen LogP contribution in [0.15, 0.2) is 60.1 Å². The highest BCUT2D eigenvalue weighted by Crippen LogP contribution is 2.36. The Labute approximate surface area is 172 Å². The molecule has 30 heavy (non-hydrogen) atoms. The standard InChI is InChI=1S/C21H20N6O3/c1-12-4-9-17(13(2)10-12)25-20(28)18-14(3)24-21-22-11-23-26(21)19(18)15-5-7-16(8-6-15)27(29)30/h4-11,19H,1-3H3,(H,25,28)(H,22,23,24)/t19-/m0/s1. The van der Waals surface area contributed by atoms with Crippen LogP contribution in [0.5, 0.6) is 0 Å². The third kappa shape index (κ3) is 3.41. The zero-order chi connectivity index (χ0) is 21.4. The number of aryl methyl sites for hydroxylation is 2. The molecule has 0 bridgehead atoms. The Morgan fingerprint density at radius 1 is 1.17 bits per heavy atom. The second kappa shape index (κ2) is 7.43. The van der Waals surface area contributed by atoms with Gasteiger partial charge in [0.2, 0.25) is 5.95 Å². The lowest BCUT2D eigenvalue weighted by Gasteiger charge is -2.28. The van der Waals surface area contributed by atoms with Gasteiger partial charge in [0.25, 0.3) is 11.6 Å². The normalized spacial score (nSPS) is 15.4. The molecule has 3 aromatic rings. The Bertz CT molecular complexity index is 1180. The summed E-state index contributed by atoms with van der Waals surface area (Å²) in [6.45, 7) is 5.73. The molecular weight excluding hydrogens is 384 g/mol. The molecule has 0 radical (unpaired) electrons. The van der Waals surface area contributed by atoms with E-state index in [0.29, 0.717) is 22.8 Å². The van der Waals surface area contributed by atoms with Crippen molar-refractivity contribution < 1.29 is 9.72 Å². The smallest absolute Gasteiger partial charge is 0.269 e. The van der Waals surface area contributed by atoms with E-state index in [4.69, 9.17) is 0 Å². The highest BCUT2D eigenvalue weighted by Gasteiger charge is 2.33. The van der Waals surface area contributed by atoms with Crippen molar-refractivity contribution in [1.29, 1.82) is 0 Å². The molecule has 0 spiro atoms. The van der Waals surface area contributed by atoms with Crippen molar-refractivity contribution in [2.24, 2.45) is 0 Å². The number of rotatable bonds is 4. The van der Waals surface area contributed by atoms with Crippen LogP contribution in [0.2, 0.25) is 0 Å². The topological polar surface area (TPSA) is 115 Å². The highest BCUT2D eigenvalue weighted by molar-refractivity contribution is 6.06. The van der Waals surface area contributed by atoms with Crippen LogP contribution in [-0.2, 0) is 4.79 Å². The number of aromatic nitrogens is 3. The summed E-state index contributed by atoms with van der Waals surface area (Å²) in [5, 5.41) is 21.4. The Hall–Kier alpha value is -4.01. The fraction of sp³-hybridized carbons (Fsp3) is 0.190. The number of hydrogen-bond donors (Lipinski definition) is 2. The number of amides is 1. The quantitative estimate of drug-likeness (QED) is 0.506. The predicted octanol–water partition coefficient (Wildman–Crippen LogP) is 3.73. The average Bonchev–Trinajstić information content (AvgIpc) is 3.17. The van der Waals surface area contributed by atoms with Crippen LogP contribution in [0.25, 0.3) is 0 Å². The van der Waals surface area contributed by atoms with Gasteiger partial charge in [0.1, 0.15) is 12.4 Å². The van der Waals surface area contributed by atoms with Gasteiger partial charge in [0.05, 0.1) is 10.5 Å². The number of benzene rings is 2. The van der Waals surface area contributed by atoms with E-state index < -0.39 is 11.0 Å². The number of allylic oxidation sites excluding steroid dienone is 1. The van der Waals surface area contributed by atoms with Crippen molar-refractivity contribution in [3.05, 3.63) is 86.9 Å². The first kappa shape index (κ1) is 19.3. The van der Waals surface area contributed by atoms with Crippen molar-refractivity contribution in [3.8, 4) is 0 Å². The van der Waals surface area contributed by atoms with E-state index in [1.54, 1.807) is 23.7 Å². The largest absolute Gasteiger partial charge is 0.328 e. The van der Waals surface area contributed by atoms with E-state index in [1.807, 2.05) is 32.0 Å². The Morgan fingerprint density at radius 2 is 1.90 bits per heavy atom. The summed E-state index contributed by atoms with van der Waals surface area (Å²) in [6, 6.07) is 11.3. The second-order valence-corrected chi connectivity index (χ2v) is 7.22. The maximum atomic E-state index is 13.3. The number of fused-ring (bicyclic) bond motifs is 1. The number of carbonyl (C=O) groups excluding carboxylic acids is 1. The van der Waals surface area contributed by atoms with Crippen LogP contribution in [0.1, 0.15) is 29.7 Å². The van der Waals surface area contributed by atoms with Crippen LogP contribution in [0, 0.1) is 24.0 Å². The van der Waals surface area contributed by atoms with Gasteiger partial charge in [-0.15, -0.1) is 0 Å². The van der Waals surface area contributed by atoms with Gasteiger partial charge in [0.15, 0.2) is 0 Å². The molecule has 2 N–H and O–H groups in total. The van der Waals surface area contributed by atoms with Gasteiger partial charge in [0, 0.05) is 23.5 Å². The summed E-state index contributed by atoms with van der Waals surface area (Å²) in [4.78, 5) is 28.1. The molecule has 0 aliphatic carbocycles. The molecule has 1 aromatic heterocycles. The van der Waals surface area contributed by atoms with Crippen molar-refractivity contribution in [1.82, 2.24) is 14.8 Å². The summed E-state index contributed by atoms with van der Waals surface area (Å²) in [6.07, 6.45) is 1.40. The average molecular weight is 404 g/mol. The van der Waals surface area contributed by atoms with Crippen molar-refractivity contribution in [2.75, 3.05) is 10.6 Å². The van der Waals surface area contributed by atoms with E-state index in [0.717, 1.165) is 16.8 Å². The minimum Gasteiger partial charge on any atom is -0.328 e. The van der Waals surface area contributed by atoms with E-state index >= 15 is 0 Å². The third-order valence-corrected chi connectivity index (χ3v) is 5.09. The van der Waals surface area contributed by atoms with Crippen molar-refractivity contribution in [2.45, 2.75) is 26.8 Å². The van der Waals surface area contributed by atoms with Gasteiger partial charge >= 0.3 is 0 Å². The zero-order valence-electron chi connectivity index (χ0n) is 16.7. The highest BCUT2D eigenvalue weighted by atomic mass is 16.6. The molecule has 2 heterocycles. The number of nitrogens with zero attached hydrogens (tertiary/aromatic N) is 4. The Kier molecular flexibility index (Phi) is 4.78. The summed E-state index contributed by atoms with van der Waals surface area (Å²) in [7, 11) is 0. The van der Waals surface area contributed by atoms with Gasteiger partial charge in [-0.2, -0.15) is 10.1 Å². The lowest BCUT2D eigenvalue weighted by atomic mass is 9.94. The number of nitro groups is 1. The number of carbonyl (C=O) groups is 1. The Morgan fingerprint density at radius 3 is 2.57 bits per heavy atom. The van der Waals surface area contributed by atoms with Gasteiger partial charge in [-0.25, -0.2) is 4.68 Å². The molecular formula is C21H20N6O3. The summed E-state index contributed by atoms with van der Waals surface area (Å²) in [5.74, 6) is 0.218. The summed E-state index contributed by atoms with van der Waals surface area (Å²) < 4.78 is 1.60. The van der Waals surface area contributed by atoms with Crippen molar-refractivity contribution in [3.63, 3.8) is 0 Å². The number of nitro benzene ring substituents is 1. The molecule has 0 fully saturated rings. The second-order valence-electron chi connectivity index (χ2n) is 7.22. The minimum atomic E-state index is -0.574. The first-order valence-corrected chi connectivity index (χ1v) is 9.35. The lowest BCUT2D eigenvalue weighted by Crippen LogP contribution is -2.31. The van der Waals surface area contributed by atoms with Crippen LogP contribution in [0.3, 0.4) is 0 Å². The van der Waals surface area contributed by atoms with E-state index in [9.17, 15) is 14.9 Å². The molecule has 1 amide bonds. The molecule has 1 atom stereocenters. The number of hydrogen-bond acceptors (Lipinski definition) is 6. The minimum absolute atomic E-state index is 0.0199. The van der Waals surface area contributed by atoms with Crippen LogP contribution < -0.4 is 10.6 Å². The predicted molar refractivity (Wildman–Crippen MR) is 112 cm³/mol. The fourth-order valence-electron chi connectivity index (χ4n) is 3.62. The molecule has 0 saturated heterocycles. The van der Waals surface area contributed by atoms with Gasteiger partial charge in [-0.1, -0.05) is 17.7 Å². The van der Waals surface area contributed by atoms with Crippen LogP contribution >= 0.6 is 0 Å². The van der Waals surface area contributed by atoms with Gasteiger partial charge < -0.3 is 10.6 Å². The number of nitrogens with one attached hydrogen (secondary N) is 2. The fourth-order valence-corrected chi connectivity index (χ4v) is 3.62. The summed E-state index contributed by atoms with van der Waals surface area (Å²) >= 11 is 0. The molecule has 0 unspecified atom stereocenters. The maximum Gasteiger partial charge on any atom is 0.269 e. The molecule has 1 aliphatic heterocycles. The molecule has 1 aliphatic rings. The lowest BCUT2D eigenvalue weighted by molar-refractivity contribution is -0.384. The van der Waals surface area contributed by atoms with Crippen molar-refractivity contribution >= 4 is 23.2 Å². The van der Waals surface area contributed by atoms with E-state index in [2.05, 4.69) is 20.7 Å². The molecule has 2 aromatic carbocycles. The molecule has 152 valence electrons. The first-order valence-electron chi connectivity index (χ1n) is 9.35. The SMILES string of the molecule is CC1=C(C(=O)Nc2ccc(C)cc2C)[C@H](c2ccc([N+](=O)[O-])cc2)n2ncnc2N1.